The number of hydrogen-bond donors (Lipinski definition) is 7. The van der Waals surface area contributed by atoms with E-state index >= 15 is 0 Å². The van der Waals surface area contributed by atoms with Gasteiger partial charge in [0.25, 0.3) is 17.6 Å². The molecule has 734 valence electrons. The second kappa shape index (κ2) is 48.6. The summed E-state index contributed by atoms with van der Waals surface area (Å²) in [5.74, 6) is -8.37. The number of aromatic amines is 1. The first-order valence-electron chi connectivity index (χ1n) is 47.4. The smallest absolute Gasteiger partial charge is 0.410 e. The highest BCUT2D eigenvalue weighted by Crippen LogP contribution is 2.39. The highest BCUT2D eigenvalue weighted by Gasteiger charge is 2.53. The number of piperidine rings is 1. The zero-order valence-corrected chi connectivity index (χ0v) is 79.3. The molecule has 6 aliphatic rings. The van der Waals surface area contributed by atoms with Crippen molar-refractivity contribution in [2.75, 3.05) is 135 Å². The number of allylic oxidation sites excluding steroid dienone is 6. The Bertz CT molecular complexity index is 5370. The number of ether oxygens (including phenoxy) is 9. The van der Waals surface area contributed by atoms with Crippen LogP contribution in [0.1, 0.15) is 158 Å². The molecule has 0 radical (unpaired) electrons. The van der Waals surface area contributed by atoms with E-state index in [1.54, 1.807) is 53.5 Å². The van der Waals surface area contributed by atoms with Gasteiger partial charge in [-0.1, -0.05) is 82.4 Å². The van der Waals surface area contributed by atoms with E-state index in [2.05, 4.69) is 63.4 Å². The number of methoxy groups -OCH3 is 2. The molecule has 9 N–H and O–H groups in total. The Balaban J connectivity index is 0.496. The van der Waals surface area contributed by atoms with Crippen molar-refractivity contribution in [1.29, 1.82) is 0 Å². The molecule has 7 aromatic rings. The number of carbonyl (C=O) groups is 8. The summed E-state index contributed by atoms with van der Waals surface area (Å²) in [5.41, 5.74) is 21.7. The first-order valence-corrected chi connectivity index (χ1v) is 47.4. The summed E-state index contributed by atoms with van der Waals surface area (Å²) in [6.45, 7) is 17.1. The number of carbonyl (C=O) groups excluding carboxylic acids is 8. The predicted octanol–water partition coefficient (Wildman–Crippen LogP) is 7.49. The average molecular weight is 1880 g/mol. The van der Waals surface area contributed by atoms with Crippen LogP contribution in [-0.4, -0.2) is 307 Å². The van der Waals surface area contributed by atoms with Crippen LogP contribution in [0.25, 0.3) is 33.3 Å². The van der Waals surface area contributed by atoms with Crippen LogP contribution in [0, 0.1) is 29.6 Å². The van der Waals surface area contributed by atoms with Crippen molar-refractivity contribution < 1.29 is 96.3 Å². The van der Waals surface area contributed by atoms with Crippen molar-refractivity contribution >= 4 is 86.9 Å². The van der Waals surface area contributed by atoms with Gasteiger partial charge in [-0.3, -0.25) is 28.8 Å². The number of fused-ring (bicyclic) bond motifs is 6. The number of nitrogens with two attached hydrogens (primary N) is 2. The minimum absolute atomic E-state index is 0.0104. The van der Waals surface area contributed by atoms with Crippen LogP contribution in [0.2, 0.25) is 0 Å². The van der Waals surface area contributed by atoms with Gasteiger partial charge in [0.05, 0.1) is 102 Å². The number of piperazine rings is 1. The molecule has 13 rings (SSSR count). The van der Waals surface area contributed by atoms with Crippen LogP contribution < -0.4 is 26.6 Å². The first-order chi connectivity index (χ1) is 65.5. The number of ketones is 3. The Kier molecular flexibility index (Phi) is 36.5. The van der Waals surface area contributed by atoms with E-state index in [-0.39, 0.29) is 87.8 Å². The SMILES string of the molecule is CO[C@H]1C[C@@H]2CC[C@@H](C)[C@@](O)(O2)C(=O)C(=O)N2CCCC[C@H]2C(=O)O[C@H]([C@H](N)C[C@@H]2CC[C@@H](OC(=O)N(C)Cc3cnc(N4CCN(c5ncc(C(=O)NCCOCCOCCOCCOCCC(=O)N6CCc7cc(Cn8nc(-c9cnc%10[nH]ccc%10c9)c9c(N)ncnc98)ccc7C6)cn5)CC4)nc3)[C@H](OC)C2)CC(=O)[C@H](C)/C=C(\C)[C@@H](O)[C@@H](O)C(=O)[C@H](C)C[C@H](C)/C=C/C=C/C=C/1C. The van der Waals surface area contributed by atoms with Crippen molar-refractivity contribution in [2.24, 2.45) is 35.3 Å². The van der Waals surface area contributed by atoms with Gasteiger partial charge >= 0.3 is 12.1 Å². The second-order valence-corrected chi connectivity index (χ2v) is 36.6. The van der Waals surface area contributed by atoms with E-state index < -0.39 is 120 Å². The molecule has 38 heteroatoms. The van der Waals surface area contributed by atoms with Gasteiger partial charge in [0.1, 0.15) is 59.7 Å². The number of rotatable bonds is 29. The van der Waals surface area contributed by atoms with E-state index in [0.29, 0.717) is 182 Å². The number of hydrogen-bond acceptors (Lipinski definition) is 32. The predicted molar refractivity (Wildman–Crippen MR) is 503 cm³/mol. The van der Waals surface area contributed by atoms with Gasteiger partial charge in [-0.15, -0.1) is 0 Å². The average Bonchev–Trinajstić information content (AvgIpc) is 1.66. The quantitative estimate of drug-likeness (QED) is 0.0103. The number of Topliss-reactive ketones (excluding diaryl/α,β-unsaturated/α-hetero) is 3. The molecule has 6 aromatic heterocycles. The summed E-state index contributed by atoms with van der Waals surface area (Å²) in [4.78, 5) is 155. The van der Waals surface area contributed by atoms with Crippen molar-refractivity contribution in [3.05, 3.63) is 149 Å². The standard InChI is InChI=1S/C98H132N18O20/c1-60-15-11-10-12-16-61(2)79(128-8)49-74-22-18-65(6)98(127,136-74)88(122)93(124)115-29-14-13-17-76(115)94(125)134-80(50-77(117)62(3)44-64(5)86(120)87(121)85(119)63(4)43-60)75(99)46-66-20-23-78(81(47-66)129-9)135-97(126)111(7)56-68-51-104-95(105-52-68)112-31-33-113(34-32-112)96-106-54-73(55-107-96)92(123)102-28-36-131-38-40-133-42-41-132-39-37-130-35-26-82(118)114-30-25-69-45-67(19-21-71(69)58-114)57-116-91-83(89(100)108-59-109-91)84(110-116)72-48-70-24-27-101-90(70)103-53-72/h10-12,15-16,19,21,24,27,44-45,48,51-55,59-60,62-63,65-66,74-76,78-81,86-87,120-121,127H,13-14,17-18,20,22-23,25-26,28-43,46-47,49-50,56-58,99H2,1-9H3,(H,101,103)(H,102,123)(H2,100,108,109)/b12-10+,15-11+,61-16+,64-44+/t60-,62-,63-,65-,66+,74+,75-,76+,78-,79+,80+,81-,86-,87+,98-/m1/s1. The minimum Gasteiger partial charge on any atom is -0.459 e. The number of H-pyrrole nitrogens is 1. The van der Waals surface area contributed by atoms with E-state index in [9.17, 15) is 53.7 Å². The van der Waals surface area contributed by atoms with Crippen molar-refractivity contribution in [3.8, 4) is 11.3 Å². The molecule has 0 unspecified atom stereocenters. The summed E-state index contributed by atoms with van der Waals surface area (Å²) in [6, 6.07) is 8.03. The number of esters is 1. The number of nitrogens with zero attached hydrogens (tertiary/aromatic N) is 14. The first kappa shape index (κ1) is 102. The Morgan fingerprint density at radius 3 is 2.14 bits per heavy atom. The molecular formula is C98H132N18O20. The highest BCUT2D eigenvalue weighted by atomic mass is 16.6. The molecule has 0 spiro atoms. The van der Waals surface area contributed by atoms with Crippen LogP contribution >= 0.6 is 0 Å². The molecule has 38 nitrogen and oxygen atoms in total. The molecule has 1 saturated carbocycles. The van der Waals surface area contributed by atoms with Crippen LogP contribution in [0.3, 0.4) is 0 Å². The number of amides is 4. The Morgan fingerprint density at radius 2 is 1.43 bits per heavy atom. The molecule has 1 aromatic carbocycles. The topological polar surface area (TPSA) is 484 Å². The summed E-state index contributed by atoms with van der Waals surface area (Å²) in [6.07, 6.45) is 18.9. The third-order valence-electron chi connectivity index (χ3n) is 26.7. The Labute approximate surface area is 792 Å². The van der Waals surface area contributed by atoms with Gasteiger partial charge in [0.15, 0.2) is 11.4 Å². The summed E-state index contributed by atoms with van der Waals surface area (Å²) in [5, 5.41) is 44.2. The molecule has 4 amide bonds. The number of anilines is 3. The lowest BCUT2D eigenvalue weighted by atomic mass is 9.80. The number of aliphatic hydroxyl groups excluding tert-OH is 2. The zero-order valence-electron chi connectivity index (χ0n) is 79.3. The summed E-state index contributed by atoms with van der Waals surface area (Å²) < 4.78 is 55.0. The van der Waals surface area contributed by atoms with E-state index in [1.165, 1.54) is 49.3 Å². The molecule has 11 heterocycles. The third kappa shape index (κ3) is 26.5. The van der Waals surface area contributed by atoms with Gasteiger partial charge in [-0.25, -0.2) is 49.2 Å². The van der Waals surface area contributed by atoms with Gasteiger partial charge in [-0.05, 0) is 136 Å². The van der Waals surface area contributed by atoms with Crippen LogP contribution in [0.5, 0.6) is 0 Å². The third-order valence-corrected chi connectivity index (χ3v) is 26.7. The van der Waals surface area contributed by atoms with Crippen molar-refractivity contribution in [1.82, 2.24) is 69.7 Å². The van der Waals surface area contributed by atoms with E-state index in [1.807, 2.05) is 81.9 Å². The van der Waals surface area contributed by atoms with E-state index in [4.69, 9.17) is 59.2 Å². The van der Waals surface area contributed by atoms with Gasteiger partial charge < -0.3 is 104 Å². The molecule has 5 aliphatic heterocycles. The zero-order chi connectivity index (χ0) is 96.7. The fourth-order valence-electron chi connectivity index (χ4n) is 18.6. The minimum atomic E-state index is -2.52. The molecule has 15 atom stereocenters. The maximum absolute atomic E-state index is 14.8. The summed E-state index contributed by atoms with van der Waals surface area (Å²) in [7, 11) is 4.68. The largest absolute Gasteiger partial charge is 0.459 e. The van der Waals surface area contributed by atoms with Crippen molar-refractivity contribution in [2.45, 2.75) is 212 Å². The van der Waals surface area contributed by atoms with E-state index in [0.717, 1.165) is 44.6 Å². The normalized spacial score (nSPS) is 26.6. The number of aromatic nitrogens is 10. The number of nitrogen functional groups attached to an aromatic ring is 1. The van der Waals surface area contributed by atoms with Gasteiger partial charge in [0, 0.05) is 164 Å². The Hall–Kier alpha value is -11.3. The molecule has 3 saturated heterocycles. The van der Waals surface area contributed by atoms with Crippen LogP contribution in [-0.2, 0) is 97.5 Å². The fraction of sp³-hybridized carbons (Fsp3) is 0.571. The Morgan fingerprint density at radius 1 is 0.721 bits per heavy atom. The number of nitrogens with one attached hydrogen (secondary N) is 2. The number of benzene rings is 1. The maximum atomic E-state index is 14.8. The highest BCUT2D eigenvalue weighted by molar-refractivity contribution is 6.39. The van der Waals surface area contributed by atoms with Crippen LogP contribution in [0.4, 0.5) is 22.5 Å². The van der Waals surface area contributed by atoms with Gasteiger partial charge in [0.2, 0.25) is 23.6 Å². The van der Waals surface area contributed by atoms with Crippen molar-refractivity contribution in [3.63, 3.8) is 0 Å². The molecule has 2 bridgehead atoms. The van der Waals surface area contributed by atoms with Crippen LogP contribution in [0.15, 0.2) is 121 Å². The lowest BCUT2D eigenvalue weighted by Crippen LogP contribution is -2.61. The molecule has 1 aliphatic carbocycles. The molecule has 4 fully saturated rings. The lowest BCUT2D eigenvalue weighted by molar-refractivity contribution is -0.265. The second-order valence-electron chi connectivity index (χ2n) is 36.6. The number of cyclic esters (lactones) is 1. The fourth-order valence-corrected chi connectivity index (χ4v) is 18.6. The maximum Gasteiger partial charge on any atom is 0.410 e. The van der Waals surface area contributed by atoms with Gasteiger partial charge in [-0.2, -0.15) is 5.10 Å². The number of pyridine rings is 1. The summed E-state index contributed by atoms with van der Waals surface area (Å²) >= 11 is 0. The molecular weight excluding hydrogens is 1750 g/mol. The monoisotopic (exact) mass is 1880 g/mol. The lowest BCUT2D eigenvalue weighted by Gasteiger charge is -2.42. The molecule has 136 heavy (non-hydrogen) atoms. The number of aliphatic hydroxyl groups is 3.